The summed E-state index contributed by atoms with van der Waals surface area (Å²) in [5.41, 5.74) is 3.65. The van der Waals surface area contributed by atoms with E-state index < -0.39 is 5.82 Å². The molecule has 36 heavy (non-hydrogen) atoms. The number of carbonyl (C=O) groups is 2. The molecule has 0 spiro atoms. The normalized spacial score (nSPS) is 10.9. The first kappa shape index (κ1) is 25.2. The van der Waals surface area contributed by atoms with Gasteiger partial charge in [-0.1, -0.05) is 61.9 Å². The van der Waals surface area contributed by atoms with E-state index in [9.17, 15) is 14.0 Å². The molecule has 0 aliphatic carbocycles. The Morgan fingerprint density at radius 1 is 0.861 bits per heavy atom. The number of aromatic amines is 1. The second-order valence-electron chi connectivity index (χ2n) is 9.00. The molecule has 2 amide bonds. The summed E-state index contributed by atoms with van der Waals surface area (Å²) >= 11 is 0. The topological polar surface area (TPSA) is 56.4 Å². The fraction of sp³-hybridized carbons (Fsp3) is 0.267. The number of H-pyrrole nitrogens is 1. The molecular weight excluding hydrogens is 453 g/mol. The molecule has 0 fully saturated rings. The van der Waals surface area contributed by atoms with Crippen molar-refractivity contribution >= 4 is 22.7 Å². The quantitative estimate of drug-likeness (QED) is 0.291. The second-order valence-corrected chi connectivity index (χ2v) is 9.00. The minimum Gasteiger partial charge on any atom is -0.361 e. The molecule has 4 aromatic rings. The number of hydrogen-bond donors (Lipinski definition) is 1. The number of para-hydroxylation sites is 1. The van der Waals surface area contributed by atoms with E-state index in [1.807, 2.05) is 66.6 Å². The molecule has 0 saturated carbocycles. The van der Waals surface area contributed by atoms with Crippen LogP contribution in [-0.2, 0) is 17.8 Å². The molecule has 1 N–H and O–H groups in total. The highest BCUT2D eigenvalue weighted by Crippen LogP contribution is 2.19. The lowest BCUT2D eigenvalue weighted by molar-refractivity contribution is -0.132. The zero-order chi connectivity index (χ0) is 25.3. The van der Waals surface area contributed by atoms with E-state index in [4.69, 9.17) is 0 Å². The molecule has 186 valence electrons. The van der Waals surface area contributed by atoms with Crippen LogP contribution in [-0.4, -0.2) is 46.2 Å². The van der Waals surface area contributed by atoms with E-state index in [2.05, 4.69) is 11.1 Å². The summed E-state index contributed by atoms with van der Waals surface area (Å²) in [6.45, 7) is 3.50. The molecule has 0 saturated heterocycles. The van der Waals surface area contributed by atoms with Gasteiger partial charge in [0, 0.05) is 42.3 Å². The number of amides is 2. The molecular formula is C30H32FN3O2. The first-order valence-electron chi connectivity index (χ1n) is 12.5. The highest BCUT2D eigenvalue weighted by atomic mass is 19.1. The number of hydrogen-bond acceptors (Lipinski definition) is 2. The Balaban J connectivity index is 1.52. The van der Waals surface area contributed by atoms with Crippen LogP contribution in [0, 0.1) is 5.82 Å². The van der Waals surface area contributed by atoms with Gasteiger partial charge >= 0.3 is 0 Å². The highest BCUT2D eigenvalue weighted by Gasteiger charge is 2.23. The first-order valence-corrected chi connectivity index (χ1v) is 12.5. The number of unbranched alkanes of at least 4 members (excludes halogenated alkanes) is 1. The SMILES string of the molecule is CCCCN(CC(=O)N(CCc1c[nH]c2ccccc12)Cc1ccccc1)C(=O)c1ccc(F)cc1. The molecule has 0 bridgehead atoms. The Morgan fingerprint density at radius 3 is 2.33 bits per heavy atom. The van der Waals surface area contributed by atoms with E-state index in [0.717, 1.165) is 34.9 Å². The second kappa shape index (κ2) is 12.2. The van der Waals surface area contributed by atoms with Gasteiger partial charge in [0.2, 0.25) is 5.91 Å². The molecule has 0 aliphatic rings. The van der Waals surface area contributed by atoms with Crippen molar-refractivity contribution in [3.05, 3.63) is 108 Å². The van der Waals surface area contributed by atoms with Crippen molar-refractivity contribution in [2.45, 2.75) is 32.7 Å². The first-order chi connectivity index (χ1) is 17.5. The van der Waals surface area contributed by atoms with Gasteiger partial charge in [0.25, 0.3) is 5.91 Å². The van der Waals surface area contributed by atoms with Gasteiger partial charge in [-0.3, -0.25) is 9.59 Å². The molecule has 4 rings (SSSR count). The molecule has 1 aromatic heterocycles. The van der Waals surface area contributed by atoms with Gasteiger partial charge in [-0.15, -0.1) is 0 Å². The van der Waals surface area contributed by atoms with Crippen LogP contribution in [0.2, 0.25) is 0 Å². The maximum Gasteiger partial charge on any atom is 0.254 e. The molecule has 0 aliphatic heterocycles. The summed E-state index contributed by atoms with van der Waals surface area (Å²) in [7, 11) is 0. The van der Waals surface area contributed by atoms with Gasteiger partial charge in [-0.05, 0) is 54.3 Å². The predicted octanol–water partition coefficient (Wildman–Crippen LogP) is 5.82. The van der Waals surface area contributed by atoms with Crippen molar-refractivity contribution in [1.82, 2.24) is 14.8 Å². The van der Waals surface area contributed by atoms with Crippen LogP contribution in [0.4, 0.5) is 4.39 Å². The Hall–Kier alpha value is -3.93. The van der Waals surface area contributed by atoms with Crippen LogP contribution in [0.25, 0.3) is 10.9 Å². The zero-order valence-corrected chi connectivity index (χ0v) is 20.6. The third-order valence-electron chi connectivity index (χ3n) is 6.38. The Bertz CT molecular complexity index is 1280. The summed E-state index contributed by atoms with van der Waals surface area (Å²) in [6, 6.07) is 23.5. The van der Waals surface area contributed by atoms with Crippen LogP contribution in [0.15, 0.2) is 85.1 Å². The lowest BCUT2D eigenvalue weighted by Crippen LogP contribution is -2.43. The lowest BCUT2D eigenvalue weighted by Gasteiger charge is -2.28. The summed E-state index contributed by atoms with van der Waals surface area (Å²) in [6.07, 6.45) is 4.38. The van der Waals surface area contributed by atoms with Crippen molar-refractivity contribution in [2.75, 3.05) is 19.6 Å². The third kappa shape index (κ3) is 6.39. The van der Waals surface area contributed by atoms with Crippen molar-refractivity contribution < 1.29 is 14.0 Å². The van der Waals surface area contributed by atoms with Crippen LogP contribution in [0.3, 0.4) is 0 Å². The molecule has 0 unspecified atom stereocenters. The van der Waals surface area contributed by atoms with Crippen LogP contribution in [0.1, 0.15) is 41.3 Å². The van der Waals surface area contributed by atoms with Gasteiger partial charge < -0.3 is 14.8 Å². The van der Waals surface area contributed by atoms with Gasteiger partial charge in [0.05, 0.1) is 0 Å². The summed E-state index contributed by atoms with van der Waals surface area (Å²) in [4.78, 5) is 33.5. The fourth-order valence-corrected chi connectivity index (χ4v) is 4.33. The Kier molecular flexibility index (Phi) is 8.50. The number of carbonyl (C=O) groups excluding carboxylic acids is 2. The minimum atomic E-state index is -0.394. The zero-order valence-electron chi connectivity index (χ0n) is 20.6. The van der Waals surface area contributed by atoms with Gasteiger partial charge in [-0.25, -0.2) is 4.39 Å². The number of nitrogens with zero attached hydrogens (tertiary/aromatic N) is 2. The maximum atomic E-state index is 13.6. The Morgan fingerprint density at radius 2 is 1.58 bits per heavy atom. The molecule has 1 heterocycles. The number of benzene rings is 3. The monoisotopic (exact) mass is 485 g/mol. The van der Waals surface area contributed by atoms with Crippen molar-refractivity contribution in [3.8, 4) is 0 Å². The van der Waals surface area contributed by atoms with E-state index in [-0.39, 0.29) is 18.4 Å². The summed E-state index contributed by atoms with van der Waals surface area (Å²) < 4.78 is 13.4. The van der Waals surface area contributed by atoms with Gasteiger partial charge in [-0.2, -0.15) is 0 Å². The van der Waals surface area contributed by atoms with Crippen LogP contribution in [0.5, 0.6) is 0 Å². The number of halogens is 1. The van der Waals surface area contributed by atoms with Crippen LogP contribution < -0.4 is 0 Å². The van der Waals surface area contributed by atoms with E-state index in [0.29, 0.717) is 31.6 Å². The smallest absolute Gasteiger partial charge is 0.254 e. The van der Waals surface area contributed by atoms with Crippen molar-refractivity contribution in [1.29, 1.82) is 0 Å². The Labute approximate surface area is 211 Å². The predicted molar refractivity (Wildman–Crippen MR) is 141 cm³/mol. The average molecular weight is 486 g/mol. The summed E-state index contributed by atoms with van der Waals surface area (Å²) in [5.74, 6) is -0.757. The van der Waals surface area contributed by atoms with Crippen LogP contribution >= 0.6 is 0 Å². The number of nitrogens with one attached hydrogen (secondary N) is 1. The standard InChI is InChI=1S/C30H32FN3O2/c1-2-3-18-34(30(36)24-13-15-26(31)16-14-24)22-29(35)33(21-23-9-5-4-6-10-23)19-17-25-20-32-28-12-8-7-11-27(25)28/h4-16,20,32H,2-3,17-19,21-22H2,1H3. The van der Waals surface area contributed by atoms with Gasteiger partial charge in [0.1, 0.15) is 12.4 Å². The highest BCUT2D eigenvalue weighted by molar-refractivity contribution is 5.96. The number of rotatable bonds is 11. The number of aromatic nitrogens is 1. The average Bonchev–Trinajstić information content (AvgIpc) is 3.32. The van der Waals surface area contributed by atoms with Crippen molar-refractivity contribution in [2.24, 2.45) is 0 Å². The van der Waals surface area contributed by atoms with E-state index >= 15 is 0 Å². The molecule has 3 aromatic carbocycles. The third-order valence-corrected chi connectivity index (χ3v) is 6.38. The van der Waals surface area contributed by atoms with Gasteiger partial charge in [0.15, 0.2) is 0 Å². The molecule has 0 radical (unpaired) electrons. The lowest BCUT2D eigenvalue weighted by atomic mass is 10.1. The summed E-state index contributed by atoms with van der Waals surface area (Å²) in [5, 5.41) is 1.15. The van der Waals surface area contributed by atoms with Crippen molar-refractivity contribution in [3.63, 3.8) is 0 Å². The largest absolute Gasteiger partial charge is 0.361 e. The number of fused-ring (bicyclic) bond motifs is 1. The molecule has 5 nitrogen and oxygen atoms in total. The molecule has 0 atom stereocenters. The maximum absolute atomic E-state index is 13.6. The fourth-order valence-electron chi connectivity index (χ4n) is 4.33. The van der Waals surface area contributed by atoms with E-state index in [1.165, 1.54) is 24.3 Å². The minimum absolute atomic E-state index is 0.0169. The van der Waals surface area contributed by atoms with E-state index in [1.54, 1.807) is 4.90 Å². The molecule has 6 heteroatoms.